The number of non-ortho nitro benzene ring substituents is 1. The van der Waals surface area contributed by atoms with E-state index in [2.05, 4.69) is 5.32 Å². The summed E-state index contributed by atoms with van der Waals surface area (Å²) in [5, 5.41) is 13.3. The van der Waals surface area contributed by atoms with Crippen molar-refractivity contribution in [1.29, 1.82) is 0 Å². The third-order valence-corrected chi connectivity index (χ3v) is 3.42. The van der Waals surface area contributed by atoms with Crippen molar-refractivity contribution in [1.82, 2.24) is 5.32 Å². The van der Waals surface area contributed by atoms with Crippen molar-refractivity contribution in [3.8, 4) is 0 Å². The Labute approximate surface area is 110 Å². The molecule has 0 saturated carbocycles. The number of nitrogens with zero attached hydrogens (tertiary/aromatic N) is 1. The van der Waals surface area contributed by atoms with Crippen LogP contribution in [-0.2, 0) is 0 Å². The number of nitro groups is 1. The highest BCUT2D eigenvalue weighted by Gasteiger charge is 2.23. The van der Waals surface area contributed by atoms with E-state index in [1.165, 1.54) is 24.3 Å². The van der Waals surface area contributed by atoms with E-state index in [1.807, 2.05) is 13.8 Å². The summed E-state index contributed by atoms with van der Waals surface area (Å²) in [6, 6.07) is 5.47. The fourth-order valence-corrected chi connectivity index (χ4v) is 1.55. The molecule has 0 radical (unpaired) electrons. The van der Waals surface area contributed by atoms with E-state index in [0.29, 0.717) is 17.9 Å². The highest BCUT2D eigenvalue weighted by atomic mass is 35.5. The molecule has 1 amide bonds. The number of nitro benzene ring substituents is 1. The Hall–Kier alpha value is -1.62. The molecule has 0 spiro atoms. The maximum absolute atomic E-state index is 11.9. The average Bonchev–Trinajstić information content (AvgIpc) is 2.38. The molecule has 18 heavy (non-hydrogen) atoms. The van der Waals surface area contributed by atoms with Crippen LogP contribution in [0.15, 0.2) is 24.3 Å². The van der Waals surface area contributed by atoms with Crippen LogP contribution in [0.2, 0.25) is 0 Å². The summed E-state index contributed by atoms with van der Waals surface area (Å²) in [6.07, 6.45) is 0.704. The summed E-state index contributed by atoms with van der Waals surface area (Å²) in [4.78, 5) is 21.9. The number of rotatable bonds is 5. The second-order valence-corrected chi connectivity index (χ2v) is 4.57. The van der Waals surface area contributed by atoms with Crippen molar-refractivity contribution in [3.63, 3.8) is 0 Å². The first kappa shape index (κ1) is 14.4. The fourth-order valence-electron chi connectivity index (χ4n) is 1.30. The van der Waals surface area contributed by atoms with Crippen LogP contribution in [0.5, 0.6) is 0 Å². The van der Waals surface area contributed by atoms with Crippen LogP contribution in [0.3, 0.4) is 0 Å². The van der Waals surface area contributed by atoms with E-state index in [-0.39, 0.29) is 11.6 Å². The van der Waals surface area contributed by atoms with Gasteiger partial charge in [0, 0.05) is 23.6 Å². The zero-order chi connectivity index (χ0) is 13.8. The first-order valence-corrected chi connectivity index (χ1v) is 6.08. The van der Waals surface area contributed by atoms with Crippen LogP contribution in [0.1, 0.15) is 30.6 Å². The fraction of sp³-hybridized carbons (Fsp3) is 0.417. The second-order valence-electron chi connectivity index (χ2n) is 4.31. The molecule has 1 aromatic rings. The summed E-state index contributed by atoms with van der Waals surface area (Å²) >= 11 is 5.80. The molecule has 0 fully saturated rings. The average molecular weight is 271 g/mol. The highest BCUT2D eigenvalue weighted by Crippen LogP contribution is 2.15. The van der Waals surface area contributed by atoms with Gasteiger partial charge in [0.2, 0.25) is 0 Å². The molecule has 0 aliphatic heterocycles. The van der Waals surface area contributed by atoms with Crippen molar-refractivity contribution >= 4 is 23.2 Å². The molecule has 0 saturated heterocycles. The number of carbonyl (C=O) groups excluding carboxylic acids is 1. The molecule has 1 N–H and O–H groups in total. The van der Waals surface area contributed by atoms with E-state index in [4.69, 9.17) is 11.6 Å². The third kappa shape index (κ3) is 3.43. The Kier molecular flexibility index (Phi) is 4.67. The van der Waals surface area contributed by atoms with Crippen LogP contribution in [0.25, 0.3) is 0 Å². The van der Waals surface area contributed by atoms with Gasteiger partial charge < -0.3 is 5.32 Å². The van der Waals surface area contributed by atoms with Gasteiger partial charge in [-0.3, -0.25) is 14.9 Å². The molecule has 0 heterocycles. The standard InChI is InChI=1S/C12H15ClN2O3/c1-3-12(2,8-13)14-11(16)9-4-6-10(7-5-9)15(17)18/h4-7H,3,8H2,1-2H3,(H,14,16). The lowest BCUT2D eigenvalue weighted by Crippen LogP contribution is -2.47. The first-order valence-electron chi connectivity index (χ1n) is 5.55. The lowest BCUT2D eigenvalue weighted by Gasteiger charge is -2.27. The van der Waals surface area contributed by atoms with E-state index in [1.54, 1.807) is 0 Å². The number of benzene rings is 1. The van der Waals surface area contributed by atoms with E-state index in [9.17, 15) is 14.9 Å². The summed E-state index contributed by atoms with van der Waals surface area (Å²) < 4.78 is 0. The van der Waals surface area contributed by atoms with Crippen molar-refractivity contribution in [3.05, 3.63) is 39.9 Å². The molecule has 0 aliphatic rings. The number of nitrogens with one attached hydrogen (secondary N) is 1. The number of hydrogen-bond donors (Lipinski definition) is 1. The van der Waals surface area contributed by atoms with Gasteiger partial charge in [-0.05, 0) is 25.5 Å². The van der Waals surface area contributed by atoms with Gasteiger partial charge in [0.25, 0.3) is 11.6 Å². The van der Waals surface area contributed by atoms with Gasteiger partial charge in [0.1, 0.15) is 0 Å². The molecular weight excluding hydrogens is 256 g/mol. The normalized spacial score (nSPS) is 13.7. The lowest BCUT2D eigenvalue weighted by atomic mass is 10.0. The Morgan fingerprint density at radius 1 is 1.44 bits per heavy atom. The van der Waals surface area contributed by atoms with E-state index >= 15 is 0 Å². The van der Waals surface area contributed by atoms with E-state index < -0.39 is 10.5 Å². The SMILES string of the molecule is CCC(C)(CCl)NC(=O)c1ccc([N+](=O)[O-])cc1. The predicted octanol–water partition coefficient (Wildman–Crippen LogP) is 2.73. The van der Waals surface area contributed by atoms with Crippen LogP contribution >= 0.6 is 11.6 Å². The van der Waals surface area contributed by atoms with Gasteiger partial charge >= 0.3 is 0 Å². The topological polar surface area (TPSA) is 72.2 Å². The van der Waals surface area contributed by atoms with Crippen LogP contribution < -0.4 is 5.32 Å². The highest BCUT2D eigenvalue weighted by molar-refractivity contribution is 6.18. The molecule has 5 nitrogen and oxygen atoms in total. The van der Waals surface area contributed by atoms with Gasteiger partial charge in [-0.25, -0.2) is 0 Å². The first-order chi connectivity index (χ1) is 8.41. The minimum atomic E-state index is -0.503. The Morgan fingerprint density at radius 3 is 2.39 bits per heavy atom. The predicted molar refractivity (Wildman–Crippen MR) is 70.0 cm³/mol. The van der Waals surface area contributed by atoms with Gasteiger partial charge in [-0.1, -0.05) is 6.92 Å². The monoisotopic (exact) mass is 270 g/mol. The zero-order valence-corrected chi connectivity index (χ0v) is 11.0. The number of alkyl halides is 1. The summed E-state index contributed by atoms with van der Waals surface area (Å²) in [5.74, 6) is 0.0253. The van der Waals surface area contributed by atoms with Gasteiger partial charge in [-0.15, -0.1) is 11.6 Å². The number of carbonyl (C=O) groups is 1. The Balaban J connectivity index is 2.82. The Morgan fingerprint density at radius 2 is 2.00 bits per heavy atom. The number of amides is 1. The summed E-state index contributed by atoms with van der Waals surface area (Å²) in [6.45, 7) is 3.78. The molecular formula is C12H15ClN2O3. The lowest BCUT2D eigenvalue weighted by molar-refractivity contribution is -0.384. The van der Waals surface area contributed by atoms with Gasteiger partial charge in [0.15, 0.2) is 0 Å². The minimum Gasteiger partial charge on any atom is -0.346 e. The molecule has 1 atom stereocenters. The number of hydrogen-bond acceptors (Lipinski definition) is 3. The quantitative estimate of drug-likeness (QED) is 0.508. The number of halogens is 1. The largest absolute Gasteiger partial charge is 0.346 e. The molecule has 1 rings (SSSR count). The zero-order valence-electron chi connectivity index (χ0n) is 10.3. The van der Waals surface area contributed by atoms with Crippen molar-refractivity contribution in [2.45, 2.75) is 25.8 Å². The summed E-state index contributed by atoms with van der Waals surface area (Å²) in [5.41, 5.74) is -0.131. The van der Waals surface area contributed by atoms with Crippen molar-refractivity contribution in [2.75, 3.05) is 5.88 Å². The van der Waals surface area contributed by atoms with Gasteiger partial charge in [0.05, 0.1) is 10.5 Å². The molecule has 1 aromatic carbocycles. The van der Waals surface area contributed by atoms with Gasteiger partial charge in [-0.2, -0.15) is 0 Å². The summed E-state index contributed by atoms with van der Waals surface area (Å²) in [7, 11) is 0. The second kappa shape index (κ2) is 5.82. The maximum Gasteiger partial charge on any atom is 0.269 e. The Bertz CT molecular complexity index is 441. The maximum atomic E-state index is 11.9. The van der Waals surface area contributed by atoms with Crippen LogP contribution in [-0.4, -0.2) is 22.2 Å². The van der Waals surface area contributed by atoms with Crippen molar-refractivity contribution < 1.29 is 9.72 Å². The van der Waals surface area contributed by atoms with Crippen LogP contribution in [0.4, 0.5) is 5.69 Å². The smallest absolute Gasteiger partial charge is 0.269 e. The third-order valence-electron chi connectivity index (χ3n) is 2.83. The van der Waals surface area contributed by atoms with E-state index in [0.717, 1.165) is 0 Å². The molecule has 1 unspecified atom stereocenters. The molecule has 98 valence electrons. The van der Waals surface area contributed by atoms with Crippen LogP contribution in [0, 0.1) is 10.1 Å². The molecule has 0 aromatic heterocycles. The van der Waals surface area contributed by atoms with Crippen molar-refractivity contribution in [2.24, 2.45) is 0 Å². The minimum absolute atomic E-state index is 0.0397. The molecule has 0 aliphatic carbocycles. The molecule has 6 heteroatoms. The molecule has 0 bridgehead atoms.